The molecule has 0 saturated carbocycles. The van der Waals surface area contributed by atoms with Crippen molar-refractivity contribution in [3.8, 4) is 0 Å². The van der Waals surface area contributed by atoms with Crippen molar-refractivity contribution in [1.29, 1.82) is 0 Å². The highest BCUT2D eigenvalue weighted by atomic mass is 16.4. The van der Waals surface area contributed by atoms with Gasteiger partial charge < -0.3 is 5.11 Å². The van der Waals surface area contributed by atoms with Crippen LogP contribution in [0, 0.1) is 6.92 Å². The molecule has 0 bridgehead atoms. The Hall–Kier alpha value is -2.09. The standard InChI is InChI=1S/C19H22O2/c1-15-8-7-12-17(14-15)18(19(20)21)13-6-5-11-16-9-3-2-4-10-16/h2-4,7-10,12,14,18H,5-6,11,13H2,1H3,(H,20,21). The fourth-order valence-electron chi connectivity index (χ4n) is 2.64. The van der Waals surface area contributed by atoms with E-state index in [1.807, 2.05) is 49.4 Å². The summed E-state index contributed by atoms with van der Waals surface area (Å²) >= 11 is 0. The number of carbonyl (C=O) groups is 1. The van der Waals surface area contributed by atoms with Gasteiger partial charge in [0.2, 0.25) is 0 Å². The van der Waals surface area contributed by atoms with Gasteiger partial charge in [0.25, 0.3) is 0 Å². The number of benzene rings is 2. The normalized spacial score (nSPS) is 12.0. The third-order valence-corrected chi connectivity index (χ3v) is 3.79. The van der Waals surface area contributed by atoms with Crippen LogP contribution in [0.5, 0.6) is 0 Å². The Morgan fingerprint density at radius 1 is 1.05 bits per heavy atom. The summed E-state index contributed by atoms with van der Waals surface area (Å²) in [5.74, 6) is -1.11. The van der Waals surface area contributed by atoms with E-state index in [1.165, 1.54) is 5.56 Å². The van der Waals surface area contributed by atoms with Gasteiger partial charge in [-0.25, -0.2) is 0 Å². The zero-order valence-corrected chi connectivity index (χ0v) is 12.5. The lowest BCUT2D eigenvalue weighted by Crippen LogP contribution is -2.11. The highest BCUT2D eigenvalue weighted by molar-refractivity contribution is 5.76. The Kier molecular flexibility index (Phi) is 5.56. The van der Waals surface area contributed by atoms with E-state index in [9.17, 15) is 9.90 Å². The summed E-state index contributed by atoms with van der Waals surface area (Å²) in [6, 6.07) is 18.2. The lowest BCUT2D eigenvalue weighted by molar-refractivity contribution is -0.139. The van der Waals surface area contributed by atoms with Gasteiger partial charge >= 0.3 is 5.97 Å². The number of carboxylic acid groups (broad SMARTS) is 1. The van der Waals surface area contributed by atoms with E-state index in [0.29, 0.717) is 6.42 Å². The van der Waals surface area contributed by atoms with Gasteiger partial charge in [-0.05, 0) is 37.3 Å². The topological polar surface area (TPSA) is 37.3 Å². The molecule has 0 radical (unpaired) electrons. The molecule has 0 aromatic heterocycles. The second kappa shape index (κ2) is 7.63. The molecule has 0 aliphatic rings. The zero-order valence-electron chi connectivity index (χ0n) is 12.5. The molecule has 110 valence electrons. The van der Waals surface area contributed by atoms with Crippen molar-refractivity contribution in [3.63, 3.8) is 0 Å². The second-order valence-corrected chi connectivity index (χ2v) is 5.54. The molecule has 0 aliphatic heterocycles. The van der Waals surface area contributed by atoms with Crippen molar-refractivity contribution in [2.24, 2.45) is 0 Å². The first kappa shape index (κ1) is 15.3. The van der Waals surface area contributed by atoms with Gasteiger partial charge in [-0.3, -0.25) is 4.79 Å². The van der Waals surface area contributed by atoms with E-state index >= 15 is 0 Å². The molecule has 2 rings (SSSR count). The zero-order chi connectivity index (χ0) is 15.1. The van der Waals surface area contributed by atoms with Crippen LogP contribution in [0.15, 0.2) is 54.6 Å². The van der Waals surface area contributed by atoms with Crippen molar-refractivity contribution >= 4 is 5.97 Å². The maximum absolute atomic E-state index is 11.5. The number of rotatable bonds is 7. The van der Waals surface area contributed by atoms with E-state index in [-0.39, 0.29) is 5.92 Å². The molecule has 2 nitrogen and oxygen atoms in total. The number of aryl methyl sites for hydroxylation is 2. The van der Waals surface area contributed by atoms with Gasteiger partial charge in [0, 0.05) is 0 Å². The van der Waals surface area contributed by atoms with E-state index in [1.54, 1.807) is 0 Å². The number of hydrogen-bond acceptors (Lipinski definition) is 1. The number of hydrogen-bond donors (Lipinski definition) is 1. The average molecular weight is 282 g/mol. The lowest BCUT2D eigenvalue weighted by Gasteiger charge is -2.13. The summed E-state index contributed by atoms with van der Waals surface area (Å²) in [6.45, 7) is 2.00. The average Bonchev–Trinajstić information content (AvgIpc) is 2.48. The molecule has 1 N–H and O–H groups in total. The fraction of sp³-hybridized carbons (Fsp3) is 0.316. The van der Waals surface area contributed by atoms with Gasteiger partial charge in [0.05, 0.1) is 5.92 Å². The highest BCUT2D eigenvalue weighted by Crippen LogP contribution is 2.23. The van der Waals surface area contributed by atoms with Crippen molar-refractivity contribution in [3.05, 3.63) is 71.3 Å². The number of carboxylic acids is 1. The Labute approximate surface area is 126 Å². The third-order valence-electron chi connectivity index (χ3n) is 3.79. The molecule has 21 heavy (non-hydrogen) atoms. The van der Waals surface area contributed by atoms with E-state index in [0.717, 1.165) is 30.4 Å². The van der Waals surface area contributed by atoms with Gasteiger partial charge in [-0.2, -0.15) is 0 Å². The first-order valence-corrected chi connectivity index (χ1v) is 7.50. The van der Waals surface area contributed by atoms with Crippen LogP contribution in [0.1, 0.15) is 41.9 Å². The molecule has 0 saturated heterocycles. The predicted molar refractivity (Wildman–Crippen MR) is 85.6 cm³/mol. The van der Waals surface area contributed by atoms with Crippen LogP contribution >= 0.6 is 0 Å². The molecular weight excluding hydrogens is 260 g/mol. The summed E-state index contributed by atoms with van der Waals surface area (Å²) < 4.78 is 0. The fourth-order valence-corrected chi connectivity index (χ4v) is 2.64. The molecule has 2 aromatic carbocycles. The van der Waals surface area contributed by atoms with Crippen LogP contribution in [-0.4, -0.2) is 11.1 Å². The molecule has 2 heteroatoms. The molecule has 0 aliphatic carbocycles. The van der Waals surface area contributed by atoms with Crippen LogP contribution in [0.25, 0.3) is 0 Å². The summed E-state index contributed by atoms with van der Waals surface area (Å²) in [5, 5.41) is 9.43. The number of aliphatic carboxylic acids is 1. The van der Waals surface area contributed by atoms with E-state index in [2.05, 4.69) is 12.1 Å². The quantitative estimate of drug-likeness (QED) is 0.755. The minimum Gasteiger partial charge on any atom is -0.481 e. The Morgan fingerprint density at radius 2 is 1.81 bits per heavy atom. The maximum Gasteiger partial charge on any atom is 0.310 e. The van der Waals surface area contributed by atoms with Crippen LogP contribution in [0.3, 0.4) is 0 Å². The predicted octanol–water partition coefficient (Wildman–Crippen LogP) is 4.58. The van der Waals surface area contributed by atoms with E-state index < -0.39 is 5.97 Å². The number of unbranched alkanes of at least 4 members (excludes halogenated alkanes) is 1. The minimum atomic E-state index is -0.722. The van der Waals surface area contributed by atoms with Crippen LogP contribution in [-0.2, 0) is 11.2 Å². The Morgan fingerprint density at radius 3 is 2.48 bits per heavy atom. The first-order valence-electron chi connectivity index (χ1n) is 7.50. The second-order valence-electron chi connectivity index (χ2n) is 5.54. The van der Waals surface area contributed by atoms with E-state index in [4.69, 9.17) is 0 Å². The Bertz CT molecular complexity index is 575. The summed E-state index contributed by atoms with van der Waals surface area (Å²) in [7, 11) is 0. The first-order chi connectivity index (χ1) is 10.2. The minimum absolute atomic E-state index is 0.388. The van der Waals surface area contributed by atoms with Crippen LogP contribution in [0.2, 0.25) is 0 Å². The largest absolute Gasteiger partial charge is 0.481 e. The van der Waals surface area contributed by atoms with Crippen molar-refractivity contribution < 1.29 is 9.90 Å². The van der Waals surface area contributed by atoms with Gasteiger partial charge in [-0.15, -0.1) is 0 Å². The SMILES string of the molecule is Cc1cccc(C(CCCCc2ccccc2)C(=O)O)c1. The van der Waals surface area contributed by atoms with Crippen molar-refractivity contribution in [2.45, 2.75) is 38.5 Å². The van der Waals surface area contributed by atoms with Crippen molar-refractivity contribution in [1.82, 2.24) is 0 Å². The molecule has 0 heterocycles. The van der Waals surface area contributed by atoms with Crippen LogP contribution in [0.4, 0.5) is 0 Å². The summed E-state index contributed by atoms with van der Waals surface area (Å²) in [5.41, 5.74) is 3.35. The molecule has 2 aromatic rings. The molecule has 1 atom stereocenters. The summed E-state index contributed by atoms with van der Waals surface area (Å²) in [4.78, 5) is 11.5. The summed E-state index contributed by atoms with van der Waals surface area (Å²) in [6.07, 6.45) is 3.67. The highest BCUT2D eigenvalue weighted by Gasteiger charge is 2.19. The molecule has 0 spiro atoms. The molecule has 0 fully saturated rings. The molecular formula is C19H22O2. The molecule has 0 amide bonds. The molecule has 1 unspecified atom stereocenters. The lowest BCUT2D eigenvalue weighted by atomic mass is 9.92. The smallest absolute Gasteiger partial charge is 0.310 e. The van der Waals surface area contributed by atoms with Gasteiger partial charge in [-0.1, -0.05) is 66.6 Å². The van der Waals surface area contributed by atoms with Crippen LogP contribution < -0.4 is 0 Å². The van der Waals surface area contributed by atoms with Gasteiger partial charge in [0.1, 0.15) is 0 Å². The monoisotopic (exact) mass is 282 g/mol. The van der Waals surface area contributed by atoms with Gasteiger partial charge in [0.15, 0.2) is 0 Å². The third kappa shape index (κ3) is 4.75. The van der Waals surface area contributed by atoms with Crippen molar-refractivity contribution in [2.75, 3.05) is 0 Å². The maximum atomic E-state index is 11.5. The Balaban J connectivity index is 1.88.